The van der Waals surface area contributed by atoms with Gasteiger partial charge in [-0.1, -0.05) is 54.1 Å². The van der Waals surface area contributed by atoms with Crippen LogP contribution in [0.15, 0.2) is 48.5 Å². The van der Waals surface area contributed by atoms with Crippen LogP contribution in [-0.2, 0) is 13.0 Å². The Kier molecular flexibility index (Phi) is 4.37. The maximum absolute atomic E-state index is 5.87. The Bertz CT molecular complexity index is 606. The highest BCUT2D eigenvalue weighted by molar-refractivity contribution is 5.33. The van der Waals surface area contributed by atoms with Gasteiger partial charge in [0.1, 0.15) is 0 Å². The van der Waals surface area contributed by atoms with Crippen molar-refractivity contribution in [3.05, 3.63) is 70.8 Å². The van der Waals surface area contributed by atoms with Crippen LogP contribution in [0.3, 0.4) is 0 Å². The molecule has 0 radical (unpaired) electrons. The number of fused-ring (bicyclic) bond motifs is 1. The maximum atomic E-state index is 5.87. The number of hydrogen-bond donors (Lipinski definition) is 1. The lowest BCUT2D eigenvalue weighted by Gasteiger charge is -2.37. The summed E-state index contributed by atoms with van der Waals surface area (Å²) in [4.78, 5) is 2.59. The molecule has 0 saturated carbocycles. The van der Waals surface area contributed by atoms with Crippen LogP contribution in [0.25, 0.3) is 0 Å². The minimum Gasteiger partial charge on any atom is -0.330 e. The van der Waals surface area contributed by atoms with Gasteiger partial charge in [-0.15, -0.1) is 0 Å². The summed E-state index contributed by atoms with van der Waals surface area (Å²) in [6.45, 7) is 5.03. The third-order valence-corrected chi connectivity index (χ3v) is 4.43. The predicted octanol–water partition coefficient (Wildman–Crippen LogP) is 3.44. The molecule has 1 aliphatic heterocycles. The monoisotopic (exact) mass is 280 g/mol. The van der Waals surface area contributed by atoms with Gasteiger partial charge in [-0.25, -0.2) is 0 Å². The Labute approximate surface area is 127 Å². The highest BCUT2D eigenvalue weighted by Crippen LogP contribution is 2.32. The molecule has 2 N–H and O–H groups in total. The molecule has 0 amide bonds. The van der Waals surface area contributed by atoms with Crippen molar-refractivity contribution < 1.29 is 0 Å². The Balaban J connectivity index is 1.85. The first-order valence-electron chi connectivity index (χ1n) is 7.85. The van der Waals surface area contributed by atoms with Crippen LogP contribution in [0.4, 0.5) is 0 Å². The first kappa shape index (κ1) is 14.3. The van der Waals surface area contributed by atoms with Gasteiger partial charge in [0.25, 0.3) is 0 Å². The number of rotatable bonds is 4. The lowest BCUT2D eigenvalue weighted by molar-refractivity contribution is 0.169. The van der Waals surface area contributed by atoms with Crippen LogP contribution in [0, 0.1) is 6.92 Å². The summed E-state index contributed by atoms with van der Waals surface area (Å²) in [5, 5.41) is 0. The first-order chi connectivity index (χ1) is 10.3. The molecule has 2 heteroatoms. The SMILES string of the molecule is Cc1cccc(CN2CCc3ccccc3C2CCN)c1. The van der Waals surface area contributed by atoms with E-state index in [0.717, 1.165) is 32.5 Å². The maximum Gasteiger partial charge on any atom is 0.0366 e. The third-order valence-electron chi connectivity index (χ3n) is 4.43. The van der Waals surface area contributed by atoms with Crippen molar-refractivity contribution >= 4 is 0 Å². The molecular formula is C19H24N2. The Morgan fingerprint density at radius 1 is 1.14 bits per heavy atom. The summed E-state index contributed by atoms with van der Waals surface area (Å²) in [5.74, 6) is 0. The zero-order valence-corrected chi connectivity index (χ0v) is 12.8. The van der Waals surface area contributed by atoms with E-state index in [0.29, 0.717) is 6.04 Å². The number of nitrogens with zero attached hydrogens (tertiary/aromatic N) is 1. The number of benzene rings is 2. The van der Waals surface area contributed by atoms with Crippen molar-refractivity contribution in [1.29, 1.82) is 0 Å². The van der Waals surface area contributed by atoms with Crippen molar-refractivity contribution in [2.45, 2.75) is 32.4 Å². The van der Waals surface area contributed by atoms with Crippen LogP contribution < -0.4 is 5.73 Å². The van der Waals surface area contributed by atoms with Gasteiger partial charge in [0, 0.05) is 19.1 Å². The van der Waals surface area contributed by atoms with E-state index in [2.05, 4.69) is 60.4 Å². The second-order valence-electron chi connectivity index (χ2n) is 6.00. The van der Waals surface area contributed by atoms with Crippen LogP contribution >= 0.6 is 0 Å². The Morgan fingerprint density at radius 2 is 2.00 bits per heavy atom. The van der Waals surface area contributed by atoms with E-state index < -0.39 is 0 Å². The molecule has 0 aromatic heterocycles. The molecule has 1 heterocycles. The third kappa shape index (κ3) is 3.17. The number of aryl methyl sites for hydroxylation is 1. The quantitative estimate of drug-likeness (QED) is 0.929. The van der Waals surface area contributed by atoms with Gasteiger partial charge < -0.3 is 5.73 Å². The fourth-order valence-electron chi connectivity index (χ4n) is 3.43. The molecule has 2 aromatic carbocycles. The van der Waals surface area contributed by atoms with E-state index in [1.54, 1.807) is 0 Å². The normalized spacial score (nSPS) is 18.5. The van der Waals surface area contributed by atoms with Gasteiger partial charge in [0.2, 0.25) is 0 Å². The fraction of sp³-hybridized carbons (Fsp3) is 0.368. The summed E-state index contributed by atoms with van der Waals surface area (Å²) in [6.07, 6.45) is 2.17. The number of hydrogen-bond acceptors (Lipinski definition) is 2. The second kappa shape index (κ2) is 6.42. The molecule has 1 atom stereocenters. The highest BCUT2D eigenvalue weighted by Gasteiger charge is 2.26. The zero-order valence-electron chi connectivity index (χ0n) is 12.8. The van der Waals surface area contributed by atoms with Crippen molar-refractivity contribution in [3.63, 3.8) is 0 Å². The largest absolute Gasteiger partial charge is 0.330 e. The lowest BCUT2D eigenvalue weighted by Crippen LogP contribution is -2.36. The minimum absolute atomic E-state index is 0.459. The molecule has 2 nitrogen and oxygen atoms in total. The van der Waals surface area contributed by atoms with Crippen LogP contribution in [0.5, 0.6) is 0 Å². The smallest absolute Gasteiger partial charge is 0.0366 e. The zero-order chi connectivity index (χ0) is 14.7. The lowest BCUT2D eigenvalue weighted by atomic mass is 9.90. The van der Waals surface area contributed by atoms with Crippen molar-refractivity contribution in [2.24, 2.45) is 5.73 Å². The average molecular weight is 280 g/mol. The molecule has 0 saturated heterocycles. The molecule has 21 heavy (non-hydrogen) atoms. The van der Waals surface area contributed by atoms with E-state index in [-0.39, 0.29) is 0 Å². The van der Waals surface area contributed by atoms with Crippen LogP contribution in [-0.4, -0.2) is 18.0 Å². The summed E-state index contributed by atoms with van der Waals surface area (Å²) in [7, 11) is 0. The Hall–Kier alpha value is -1.64. The average Bonchev–Trinajstić information content (AvgIpc) is 2.50. The molecule has 0 aliphatic carbocycles. The van der Waals surface area contributed by atoms with Crippen LogP contribution in [0.2, 0.25) is 0 Å². The fourth-order valence-corrected chi connectivity index (χ4v) is 3.43. The molecule has 0 fully saturated rings. The van der Waals surface area contributed by atoms with Gasteiger partial charge in [-0.05, 0) is 43.0 Å². The second-order valence-corrected chi connectivity index (χ2v) is 6.00. The predicted molar refractivity (Wildman–Crippen MR) is 88.1 cm³/mol. The summed E-state index contributed by atoms with van der Waals surface area (Å²) >= 11 is 0. The first-order valence-corrected chi connectivity index (χ1v) is 7.85. The summed E-state index contributed by atoms with van der Waals surface area (Å²) in [5.41, 5.74) is 11.6. The van der Waals surface area contributed by atoms with Crippen LogP contribution in [0.1, 0.15) is 34.7 Å². The minimum atomic E-state index is 0.459. The summed E-state index contributed by atoms with van der Waals surface area (Å²) < 4.78 is 0. The number of nitrogens with two attached hydrogens (primary N) is 1. The van der Waals surface area contributed by atoms with E-state index in [1.165, 1.54) is 22.3 Å². The summed E-state index contributed by atoms with van der Waals surface area (Å²) in [6, 6.07) is 18.1. The van der Waals surface area contributed by atoms with E-state index in [1.807, 2.05) is 0 Å². The van der Waals surface area contributed by atoms with Gasteiger partial charge in [0.05, 0.1) is 0 Å². The van der Waals surface area contributed by atoms with Gasteiger partial charge in [0.15, 0.2) is 0 Å². The molecule has 0 spiro atoms. The van der Waals surface area contributed by atoms with E-state index >= 15 is 0 Å². The molecule has 3 rings (SSSR count). The van der Waals surface area contributed by atoms with E-state index in [9.17, 15) is 0 Å². The molecule has 110 valence electrons. The van der Waals surface area contributed by atoms with E-state index in [4.69, 9.17) is 5.73 Å². The van der Waals surface area contributed by atoms with Gasteiger partial charge in [-0.3, -0.25) is 4.90 Å². The standard InChI is InChI=1S/C19H24N2/c1-15-5-4-6-16(13-15)14-21-12-10-17-7-2-3-8-18(17)19(21)9-11-20/h2-8,13,19H,9-12,14,20H2,1H3. The molecular weight excluding hydrogens is 256 g/mol. The van der Waals surface area contributed by atoms with Crippen molar-refractivity contribution in [1.82, 2.24) is 4.90 Å². The highest BCUT2D eigenvalue weighted by atomic mass is 15.2. The Morgan fingerprint density at radius 3 is 2.81 bits per heavy atom. The molecule has 1 unspecified atom stereocenters. The van der Waals surface area contributed by atoms with Crippen molar-refractivity contribution in [2.75, 3.05) is 13.1 Å². The van der Waals surface area contributed by atoms with Crippen molar-refractivity contribution in [3.8, 4) is 0 Å². The topological polar surface area (TPSA) is 29.3 Å². The molecule has 1 aliphatic rings. The molecule has 0 bridgehead atoms. The molecule has 2 aromatic rings. The van der Waals surface area contributed by atoms with Gasteiger partial charge in [-0.2, -0.15) is 0 Å². The van der Waals surface area contributed by atoms with Gasteiger partial charge >= 0.3 is 0 Å².